The van der Waals surface area contributed by atoms with Gasteiger partial charge in [-0.1, -0.05) is 0 Å². The van der Waals surface area contributed by atoms with Gasteiger partial charge in [0.2, 0.25) is 15.9 Å². The van der Waals surface area contributed by atoms with Crippen LogP contribution in [0, 0.1) is 0 Å². The summed E-state index contributed by atoms with van der Waals surface area (Å²) in [5.41, 5.74) is 0.828. The Labute approximate surface area is 176 Å². The molecular formula is C20H30N4O5S. The van der Waals surface area contributed by atoms with Crippen LogP contribution in [0.4, 0.5) is 0 Å². The second-order valence-corrected chi connectivity index (χ2v) is 10.5. The smallest absolute Gasteiger partial charge is 0.254 e. The van der Waals surface area contributed by atoms with Gasteiger partial charge in [0.15, 0.2) is 0 Å². The quantitative estimate of drug-likeness (QED) is 0.737. The fourth-order valence-electron chi connectivity index (χ4n) is 4.69. The highest BCUT2D eigenvalue weighted by Gasteiger charge is 2.32. The van der Waals surface area contributed by atoms with Crippen LogP contribution in [0.3, 0.4) is 0 Å². The van der Waals surface area contributed by atoms with Crippen LogP contribution >= 0.6 is 0 Å². The van der Waals surface area contributed by atoms with E-state index in [9.17, 15) is 18.0 Å². The predicted octanol–water partition coefficient (Wildman–Crippen LogP) is 1.10. The highest BCUT2D eigenvalue weighted by atomic mass is 32.2. The molecule has 0 saturated carbocycles. The van der Waals surface area contributed by atoms with E-state index in [2.05, 4.69) is 9.97 Å². The number of aromatic amines is 1. The fourth-order valence-corrected chi connectivity index (χ4v) is 5.47. The third-order valence-corrected chi connectivity index (χ3v) is 7.62. The molecule has 3 aliphatic rings. The van der Waals surface area contributed by atoms with Gasteiger partial charge < -0.3 is 14.6 Å². The molecule has 0 aromatic carbocycles. The second-order valence-electron chi connectivity index (χ2n) is 8.50. The molecule has 1 amide bonds. The van der Waals surface area contributed by atoms with Crippen molar-refractivity contribution in [2.24, 2.45) is 0 Å². The summed E-state index contributed by atoms with van der Waals surface area (Å²) >= 11 is 0. The van der Waals surface area contributed by atoms with Crippen molar-refractivity contribution in [3.63, 3.8) is 0 Å². The van der Waals surface area contributed by atoms with Crippen molar-refractivity contribution in [2.45, 2.75) is 70.1 Å². The van der Waals surface area contributed by atoms with Crippen LogP contribution < -0.4 is 5.56 Å². The zero-order valence-electron chi connectivity index (χ0n) is 17.4. The number of H-pyrrole nitrogens is 1. The standard InChI is InChI=1S/C20H30N4O5S/c1-30(27,28)23-11-9-15-16(13-23)21-19(22-20(15)26)17-6-2-3-10-24(17)18(25)8-7-14-5-4-12-29-14/h14,17H,2-13H2,1H3,(H,21,22,26)/t14-,17-/m0/s1. The van der Waals surface area contributed by atoms with Crippen molar-refractivity contribution >= 4 is 15.9 Å². The summed E-state index contributed by atoms with van der Waals surface area (Å²) in [5, 5.41) is 0. The number of amides is 1. The normalized spacial score (nSPS) is 25.3. The summed E-state index contributed by atoms with van der Waals surface area (Å²) in [6.45, 7) is 1.80. The van der Waals surface area contributed by atoms with Gasteiger partial charge >= 0.3 is 0 Å². The monoisotopic (exact) mass is 438 g/mol. The molecule has 0 radical (unpaired) electrons. The van der Waals surface area contributed by atoms with E-state index in [1.54, 1.807) is 0 Å². The lowest BCUT2D eigenvalue weighted by Gasteiger charge is -2.36. The van der Waals surface area contributed by atoms with Crippen molar-refractivity contribution in [2.75, 3.05) is 26.0 Å². The number of rotatable bonds is 5. The molecule has 0 unspecified atom stereocenters. The van der Waals surface area contributed by atoms with Crippen LogP contribution in [0.1, 0.15) is 68.1 Å². The van der Waals surface area contributed by atoms with E-state index in [0.29, 0.717) is 36.5 Å². The Bertz CT molecular complexity index is 954. The van der Waals surface area contributed by atoms with Gasteiger partial charge in [0.1, 0.15) is 5.82 Å². The molecule has 0 aliphatic carbocycles. The highest BCUT2D eigenvalue weighted by molar-refractivity contribution is 7.88. The van der Waals surface area contributed by atoms with Gasteiger partial charge in [-0.15, -0.1) is 0 Å². The van der Waals surface area contributed by atoms with E-state index in [1.165, 1.54) is 10.6 Å². The number of ether oxygens (including phenoxy) is 1. The SMILES string of the molecule is CS(=O)(=O)N1CCc2c(nc([C@@H]3CCCCN3C(=O)CC[C@@H]3CCCO3)[nH]c2=O)C1. The second kappa shape index (κ2) is 8.76. The van der Waals surface area contributed by atoms with Crippen LogP contribution in [0.2, 0.25) is 0 Å². The Morgan fingerprint density at radius 2 is 2.07 bits per heavy atom. The van der Waals surface area contributed by atoms with Crippen LogP contribution in [-0.4, -0.2) is 65.6 Å². The van der Waals surface area contributed by atoms with E-state index in [-0.39, 0.29) is 36.7 Å². The van der Waals surface area contributed by atoms with Gasteiger partial charge in [0.05, 0.1) is 30.6 Å². The maximum atomic E-state index is 13.0. The molecular weight excluding hydrogens is 408 g/mol. The van der Waals surface area contributed by atoms with Crippen molar-refractivity contribution < 1.29 is 17.9 Å². The first-order valence-electron chi connectivity index (χ1n) is 10.8. The molecule has 4 rings (SSSR count). The Balaban J connectivity index is 1.54. The zero-order chi connectivity index (χ0) is 21.3. The van der Waals surface area contributed by atoms with Gasteiger partial charge in [0.25, 0.3) is 5.56 Å². The molecule has 0 bridgehead atoms. The minimum absolute atomic E-state index is 0.0633. The lowest BCUT2D eigenvalue weighted by atomic mass is 9.99. The molecule has 3 aliphatic heterocycles. The molecule has 0 spiro atoms. The number of fused-ring (bicyclic) bond motifs is 1. The first-order valence-corrected chi connectivity index (χ1v) is 12.7. The molecule has 1 aromatic heterocycles. The van der Waals surface area contributed by atoms with E-state index in [0.717, 1.165) is 45.1 Å². The third kappa shape index (κ3) is 4.60. The first-order chi connectivity index (χ1) is 14.3. The lowest BCUT2D eigenvalue weighted by molar-refractivity contribution is -0.136. The molecule has 30 heavy (non-hydrogen) atoms. The molecule has 9 nitrogen and oxygen atoms in total. The van der Waals surface area contributed by atoms with Gasteiger partial charge in [0, 0.05) is 31.7 Å². The topological polar surface area (TPSA) is 113 Å². The van der Waals surface area contributed by atoms with Crippen LogP contribution in [0.15, 0.2) is 4.79 Å². The van der Waals surface area contributed by atoms with E-state index in [1.807, 2.05) is 4.90 Å². The summed E-state index contributed by atoms with van der Waals surface area (Å²) in [4.78, 5) is 35.0. The molecule has 166 valence electrons. The number of hydrogen-bond acceptors (Lipinski definition) is 6. The summed E-state index contributed by atoms with van der Waals surface area (Å²) in [6.07, 6.45) is 7.52. The number of aromatic nitrogens is 2. The van der Waals surface area contributed by atoms with Crippen LogP contribution in [-0.2, 0) is 32.5 Å². The van der Waals surface area contributed by atoms with Crippen molar-refractivity contribution in [3.8, 4) is 0 Å². The predicted molar refractivity (Wildman–Crippen MR) is 110 cm³/mol. The van der Waals surface area contributed by atoms with Gasteiger partial charge in [-0.3, -0.25) is 9.59 Å². The highest BCUT2D eigenvalue weighted by Crippen LogP contribution is 2.30. The number of nitrogens with one attached hydrogen (secondary N) is 1. The van der Waals surface area contributed by atoms with E-state index in [4.69, 9.17) is 4.74 Å². The molecule has 2 atom stereocenters. The summed E-state index contributed by atoms with van der Waals surface area (Å²) in [5.74, 6) is 0.535. The maximum Gasteiger partial charge on any atom is 0.254 e. The first kappa shape index (κ1) is 21.5. The Kier molecular flexibility index (Phi) is 6.26. The molecule has 4 heterocycles. The summed E-state index contributed by atoms with van der Waals surface area (Å²) in [6, 6.07) is -0.276. The Morgan fingerprint density at radius 1 is 1.23 bits per heavy atom. The van der Waals surface area contributed by atoms with E-state index < -0.39 is 10.0 Å². The zero-order valence-corrected chi connectivity index (χ0v) is 18.2. The van der Waals surface area contributed by atoms with Gasteiger partial charge in [-0.05, 0) is 44.9 Å². The number of hydrogen-bond donors (Lipinski definition) is 1. The minimum Gasteiger partial charge on any atom is -0.378 e. The van der Waals surface area contributed by atoms with Crippen molar-refractivity contribution in [3.05, 3.63) is 27.4 Å². The Hall–Kier alpha value is -1.78. The largest absolute Gasteiger partial charge is 0.378 e. The number of sulfonamides is 1. The van der Waals surface area contributed by atoms with E-state index >= 15 is 0 Å². The van der Waals surface area contributed by atoms with Crippen LogP contribution in [0.5, 0.6) is 0 Å². The summed E-state index contributed by atoms with van der Waals surface area (Å²) in [7, 11) is -3.35. The average molecular weight is 439 g/mol. The van der Waals surface area contributed by atoms with Gasteiger partial charge in [-0.25, -0.2) is 13.4 Å². The molecule has 10 heteroatoms. The van der Waals surface area contributed by atoms with Gasteiger partial charge in [-0.2, -0.15) is 4.31 Å². The van der Waals surface area contributed by atoms with Crippen molar-refractivity contribution in [1.82, 2.24) is 19.2 Å². The molecule has 1 N–H and O–H groups in total. The molecule has 2 saturated heterocycles. The summed E-state index contributed by atoms with van der Waals surface area (Å²) < 4.78 is 30.9. The number of nitrogens with zero attached hydrogens (tertiary/aromatic N) is 3. The maximum absolute atomic E-state index is 13.0. The van der Waals surface area contributed by atoms with Crippen molar-refractivity contribution in [1.29, 1.82) is 0 Å². The number of likely N-dealkylation sites (tertiary alicyclic amines) is 1. The Morgan fingerprint density at radius 3 is 2.80 bits per heavy atom. The average Bonchev–Trinajstić information content (AvgIpc) is 3.24. The van der Waals surface area contributed by atoms with Crippen LogP contribution in [0.25, 0.3) is 0 Å². The fraction of sp³-hybridized carbons (Fsp3) is 0.750. The third-order valence-electron chi connectivity index (χ3n) is 6.37. The number of carbonyl (C=O) groups excluding carboxylic acids is 1. The number of piperidine rings is 1. The molecule has 2 fully saturated rings. The minimum atomic E-state index is -3.35. The molecule has 1 aromatic rings. The lowest BCUT2D eigenvalue weighted by Crippen LogP contribution is -2.42. The number of carbonyl (C=O) groups is 1.